The predicted molar refractivity (Wildman–Crippen MR) is 49.7 cm³/mol. The Balaban J connectivity index is 0.00000121. The molecule has 0 radical (unpaired) electrons. The molecule has 0 heterocycles. The van der Waals surface area contributed by atoms with Crippen LogP contribution in [0.5, 0.6) is 0 Å². The van der Waals surface area contributed by atoms with Crippen LogP contribution in [0.1, 0.15) is 10.4 Å². The van der Waals surface area contributed by atoms with Gasteiger partial charge in [-0.25, -0.2) is 0 Å². The normalized spacial score (nSPS) is 9.33. The number of rotatable bonds is 2. The Morgan fingerprint density at radius 2 is 1.83 bits per heavy atom. The van der Waals surface area contributed by atoms with E-state index in [1.165, 1.54) is 0 Å². The zero-order valence-electron chi connectivity index (χ0n) is 5.90. The number of ketones is 1. The maximum absolute atomic E-state index is 11.0. The molecule has 0 amide bonds. The molecular formula is C9H9NaO2. The molecule has 0 bridgehead atoms. The first-order valence-corrected chi connectivity index (χ1v) is 3.25. The first-order chi connectivity index (χ1) is 5.34. The van der Waals surface area contributed by atoms with Crippen LogP contribution in [0, 0.1) is 0 Å². The summed E-state index contributed by atoms with van der Waals surface area (Å²) in [6, 6.07) is 8.78. The van der Waals surface area contributed by atoms with Gasteiger partial charge in [0.25, 0.3) is 0 Å². The van der Waals surface area contributed by atoms with Crippen molar-refractivity contribution >= 4 is 35.3 Å². The third-order valence-corrected chi connectivity index (χ3v) is 1.28. The van der Waals surface area contributed by atoms with Gasteiger partial charge in [0.15, 0.2) is 5.78 Å². The average molecular weight is 172 g/mol. The monoisotopic (exact) mass is 172 g/mol. The topological polar surface area (TPSA) is 37.3 Å². The SMILES string of the molecule is O=C(/C=C/O)c1ccccc1.[NaH]. The fraction of sp³-hybridized carbons (Fsp3) is 0. The number of carbonyl (C=O) groups excluding carboxylic acids is 1. The van der Waals surface area contributed by atoms with Crippen LogP contribution >= 0.6 is 0 Å². The van der Waals surface area contributed by atoms with E-state index < -0.39 is 0 Å². The van der Waals surface area contributed by atoms with Crippen molar-refractivity contribution in [2.75, 3.05) is 0 Å². The molecule has 1 aromatic carbocycles. The van der Waals surface area contributed by atoms with E-state index in [1.54, 1.807) is 24.3 Å². The second-order valence-electron chi connectivity index (χ2n) is 2.05. The minimum absolute atomic E-state index is 0. The Labute approximate surface area is 93.2 Å². The van der Waals surface area contributed by atoms with Crippen LogP contribution in [-0.4, -0.2) is 40.4 Å². The van der Waals surface area contributed by atoms with Gasteiger partial charge in [0, 0.05) is 11.6 Å². The Kier molecular flexibility index (Phi) is 5.72. The van der Waals surface area contributed by atoms with Crippen molar-refractivity contribution in [3.63, 3.8) is 0 Å². The number of hydrogen-bond donors (Lipinski definition) is 1. The van der Waals surface area contributed by atoms with Crippen molar-refractivity contribution in [2.45, 2.75) is 0 Å². The van der Waals surface area contributed by atoms with E-state index in [4.69, 9.17) is 5.11 Å². The second kappa shape index (κ2) is 6.00. The summed E-state index contributed by atoms with van der Waals surface area (Å²) in [5.74, 6) is -0.187. The van der Waals surface area contributed by atoms with Gasteiger partial charge in [0.1, 0.15) is 0 Å². The fourth-order valence-electron chi connectivity index (χ4n) is 0.766. The van der Waals surface area contributed by atoms with Crippen LogP contribution in [0.3, 0.4) is 0 Å². The molecule has 12 heavy (non-hydrogen) atoms. The van der Waals surface area contributed by atoms with Crippen molar-refractivity contribution < 1.29 is 9.90 Å². The van der Waals surface area contributed by atoms with Gasteiger partial charge in [-0.2, -0.15) is 0 Å². The van der Waals surface area contributed by atoms with Crippen LogP contribution < -0.4 is 0 Å². The molecule has 1 N–H and O–H groups in total. The van der Waals surface area contributed by atoms with Crippen molar-refractivity contribution in [1.82, 2.24) is 0 Å². The molecule has 0 unspecified atom stereocenters. The molecular weight excluding hydrogens is 163 g/mol. The van der Waals surface area contributed by atoms with E-state index in [0.717, 1.165) is 12.3 Å². The number of benzene rings is 1. The molecule has 0 aliphatic rings. The van der Waals surface area contributed by atoms with Crippen molar-refractivity contribution in [1.29, 1.82) is 0 Å². The summed E-state index contributed by atoms with van der Waals surface area (Å²) >= 11 is 0. The molecule has 3 heteroatoms. The van der Waals surface area contributed by atoms with Gasteiger partial charge in [0.05, 0.1) is 6.26 Å². The van der Waals surface area contributed by atoms with Crippen LogP contribution in [-0.2, 0) is 0 Å². The quantitative estimate of drug-likeness (QED) is 0.316. The van der Waals surface area contributed by atoms with Gasteiger partial charge in [-0.05, 0) is 0 Å². The van der Waals surface area contributed by atoms with E-state index >= 15 is 0 Å². The minimum atomic E-state index is -0.187. The zero-order chi connectivity index (χ0) is 8.10. The van der Waals surface area contributed by atoms with Gasteiger partial charge < -0.3 is 5.11 Å². The summed E-state index contributed by atoms with van der Waals surface area (Å²) in [5, 5.41) is 8.30. The van der Waals surface area contributed by atoms with Crippen LogP contribution in [0.25, 0.3) is 0 Å². The summed E-state index contributed by atoms with van der Waals surface area (Å²) in [4.78, 5) is 11.0. The molecule has 0 aromatic heterocycles. The summed E-state index contributed by atoms with van der Waals surface area (Å²) in [6.45, 7) is 0. The molecule has 0 saturated heterocycles. The number of carbonyl (C=O) groups is 1. The zero-order valence-corrected chi connectivity index (χ0v) is 5.90. The van der Waals surface area contributed by atoms with Crippen LogP contribution in [0.15, 0.2) is 42.7 Å². The molecule has 1 aromatic rings. The number of hydrogen-bond acceptors (Lipinski definition) is 2. The fourth-order valence-corrected chi connectivity index (χ4v) is 0.766. The first kappa shape index (κ1) is 11.4. The Morgan fingerprint density at radius 1 is 1.25 bits per heavy atom. The maximum atomic E-state index is 11.0. The summed E-state index contributed by atoms with van der Waals surface area (Å²) in [6.07, 6.45) is 1.87. The Hall–Kier alpha value is -0.570. The third kappa shape index (κ3) is 3.22. The van der Waals surface area contributed by atoms with Crippen molar-refractivity contribution in [3.8, 4) is 0 Å². The predicted octanol–water partition coefficient (Wildman–Crippen LogP) is 1.29. The van der Waals surface area contributed by atoms with Gasteiger partial charge in [-0.1, -0.05) is 30.3 Å². The van der Waals surface area contributed by atoms with E-state index in [0.29, 0.717) is 5.56 Å². The Bertz CT molecular complexity index is 267. The van der Waals surface area contributed by atoms with E-state index in [-0.39, 0.29) is 35.3 Å². The third-order valence-electron chi connectivity index (χ3n) is 1.28. The second-order valence-corrected chi connectivity index (χ2v) is 2.05. The average Bonchev–Trinajstić information content (AvgIpc) is 2.07. The van der Waals surface area contributed by atoms with Gasteiger partial charge in [-0.3, -0.25) is 4.79 Å². The van der Waals surface area contributed by atoms with Gasteiger partial charge in [0.2, 0.25) is 0 Å². The molecule has 2 nitrogen and oxygen atoms in total. The van der Waals surface area contributed by atoms with Crippen molar-refractivity contribution in [3.05, 3.63) is 48.2 Å². The molecule has 0 fully saturated rings. The van der Waals surface area contributed by atoms with Gasteiger partial charge >= 0.3 is 29.6 Å². The summed E-state index contributed by atoms with van der Waals surface area (Å²) < 4.78 is 0. The molecule has 58 valence electrons. The number of allylic oxidation sites excluding steroid dienone is 1. The van der Waals surface area contributed by atoms with Crippen LogP contribution in [0.4, 0.5) is 0 Å². The van der Waals surface area contributed by atoms with E-state index in [9.17, 15) is 4.79 Å². The van der Waals surface area contributed by atoms with Crippen LogP contribution in [0.2, 0.25) is 0 Å². The summed E-state index contributed by atoms with van der Waals surface area (Å²) in [7, 11) is 0. The standard InChI is InChI=1S/C9H8O2.Na.H/c10-7-6-9(11)8-4-2-1-3-5-8;;/h1-7,10H;;/b7-6+;;. The van der Waals surface area contributed by atoms with Crippen molar-refractivity contribution in [2.24, 2.45) is 0 Å². The first-order valence-electron chi connectivity index (χ1n) is 3.25. The molecule has 0 spiro atoms. The number of aliphatic hydroxyl groups excluding tert-OH is 1. The molecule has 0 aliphatic heterocycles. The molecule has 0 atom stereocenters. The van der Waals surface area contributed by atoms with Gasteiger partial charge in [-0.15, -0.1) is 0 Å². The van der Waals surface area contributed by atoms with E-state index in [2.05, 4.69) is 0 Å². The summed E-state index contributed by atoms with van der Waals surface area (Å²) in [5.41, 5.74) is 0.581. The Morgan fingerprint density at radius 3 is 2.33 bits per heavy atom. The van der Waals surface area contributed by atoms with E-state index in [1.807, 2.05) is 6.07 Å². The molecule has 1 rings (SSSR count). The molecule has 0 saturated carbocycles. The molecule has 0 aliphatic carbocycles. The number of aliphatic hydroxyl groups is 1.